The fraction of sp³-hybridized carbons (Fsp3) is 1.00. The lowest BCUT2D eigenvalue weighted by molar-refractivity contribution is 0.279. The zero-order chi connectivity index (χ0) is 9.78. The van der Waals surface area contributed by atoms with E-state index in [4.69, 9.17) is 14.4 Å². The molecule has 2 N–H and O–H groups in total. The van der Waals surface area contributed by atoms with Gasteiger partial charge in [-0.1, -0.05) is 26.7 Å². The summed E-state index contributed by atoms with van der Waals surface area (Å²) in [5.74, 6) is 0. The Morgan fingerprint density at radius 1 is 1.25 bits per heavy atom. The van der Waals surface area contributed by atoms with Crippen molar-refractivity contribution in [2.75, 3.05) is 0 Å². The van der Waals surface area contributed by atoms with Crippen molar-refractivity contribution < 1.29 is 14.4 Å². The molecule has 0 aliphatic carbocycles. The molecule has 0 aromatic carbocycles. The van der Waals surface area contributed by atoms with Crippen molar-refractivity contribution in [1.29, 1.82) is 0 Å². The van der Waals surface area contributed by atoms with E-state index in [1.807, 2.05) is 13.1 Å². The van der Waals surface area contributed by atoms with Crippen molar-refractivity contribution >= 4 is 15.6 Å². The molecule has 0 aromatic rings. The van der Waals surface area contributed by atoms with Crippen LogP contribution in [0.5, 0.6) is 0 Å². The highest BCUT2D eigenvalue weighted by Crippen LogP contribution is 2.29. The van der Waals surface area contributed by atoms with E-state index in [0.29, 0.717) is 5.54 Å². The maximum absolute atomic E-state index is 8.70. The Morgan fingerprint density at radius 2 is 1.67 bits per heavy atom. The van der Waals surface area contributed by atoms with Gasteiger partial charge < -0.3 is 14.4 Å². The minimum absolute atomic E-state index is 0.499. The van der Waals surface area contributed by atoms with Crippen LogP contribution >= 0.6 is 0 Å². The first-order valence-electron chi connectivity index (χ1n) is 4.48. The molecule has 0 rings (SSSR count). The zero-order valence-electron chi connectivity index (χ0n) is 8.37. The molecular weight excluding hydrogens is 171 g/mol. The Morgan fingerprint density at radius 3 is 1.92 bits per heavy atom. The normalized spacial score (nSPS) is 12.2. The molecule has 3 nitrogen and oxygen atoms in total. The minimum Gasteiger partial charge on any atom is -0.428 e. The second kappa shape index (κ2) is 5.01. The zero-order valence-corrected chi connectivity index (χ0v) is 9.37. The Hall–Kier alpha value is 0.162. The van der Waals surface area contributed by atoms with E-state index >= 15 is 0 Å². The van der Waals surface area contributed by atoms with Crippen LogP contribution in [0, 0.1) is 0 Å². The third kappa shape index (κ3) is 3.71. The van der Waals surface area contributed by atoms with Gasteiger partial charge in [0.15, 0.2) is 8.32 Å². The molecule has 0 aromatic heterocycles. The molecule has 0 bridgehead atoms. The fourth-order valence-electron chi connectivity index (χ4n) is 1.64. The first-order valence-corrected chi connectivity index (χ1v) is 7.46. The van der Waals surface area contributed by atoms with Crippen LogP contribution in [0.4, 0.5) is 0 Å². The summed E-state index contributed by atoms with van der Waals surface area (Å²) in [7, 11) is -3.50. The average Bonchev–Trinajstić information content (AvgIpc) is 1.85. The number of hydrogen-bond donors (Lipinski definition) is 2. The van der Waals surface area contributed by atoms with Gasteiger partial charge in [-0.2, -0.15) is 0 Å². The van der Waals surface area contributed by atoms with E-state index in [1.165, 1.54) is 0 Å². The highest BCUT2D eigenvalue weighted by atomic mass is 28.4. The number of hydrogen-bond acceptors (Lipinski definition) is 3. The molecule has 0 radical (unpaired) electrons. The second-order valence-corrected chi connectivity index (χ2v) is 7.82. The van der Waals surface area contributed by atoms with Gasteiger partial charge in [-0.3, -0.25) is 0 Å². The lowest BCUT2D eigenvalue weighted by Gasteiger charge is -2.30. The van der Waals surface area contributed by atoms with E-state index in [2.05, 4.69) is 13.8 Å². The molecule has 0 amide bonds. The van der Waals surface area contributed by atoms with Crippen LogP contribution in [0.2, 0.25) is 18.6 Å². The Balaban J connectivity index is 4.14. The van der Waals surface area contributed by atoms with E-state index in [1.54, 1.807) is 0 Å². The Kier molecular flexibility index (Phi) is 5.08. The summed E-state index contributed by atoms with van der Waals surface area (Å²) in [6.45, 7) is 8.25. The lowest BCUT2D eigenvalue weighted by Crippen LogP contribution is -2.42. The van der Waals surface area contributed by atoms with Gasteiger partial charge in [0.25, 0.3) is 0 Å². The lowest BCUT2D eigenvalue weighted by atomic mass is 10.3. The number of rotatable bonds is 5. The van der Waals surface area contributed by atoms with Gasteiger partial charge in [0.1, 0.15) is 0 Å². The molecular formula is C7H19BO3Si. The molecule has 0 saturated heterocycles. The third-order valence-corrected chi connectivity index (χ3v) is 5.98. The van der Waals surface area contributed by atoms with Crippen LogP contribution < -0.4 is 0 Å². The highest BCUT2D eigenvalue weighted by molar-refractivity contribution is 6.77. The van der Waals surface area contributed by atoms with Crippen LogP contribution in [-0.4, -0.2) is 25.7 Å². The summed E-state index contributed by atoms with van der Waals surface area (Å²) in [5.41, 5.74) is 0.499. The van der Waals surface area contributed by atoms with Crippen LogP contribution in [0.3, 0.4) is 0 Å². The molecule has 0 saturated carbocycles. The largest absolute Gasteiger partial charge is 0.622 e. The summed E-state index contributed by atoms with van der Waals surface area (Å²) in [4.78, 5) is 0. The summed E-state index contributed by atoms with van der Waals surface area (Å²) in [6.07, 6.45) is 2.09. The summed E-state index contributed by atoms with van der Waals surface area (Å²) in [5, 5.41) is 17.4. The van der Waals surface area contributed by atoms with Gasteiger partial charge in [0.2, 0.25) is 0 Å². The van der Waals surface area contributed by atoms with Crippen LogP contribution in [0.25, 0.3) is 0 Å². The van der Waals surface area contributed by atoms with Gasteiger partial charge in [0, 0.05) is 0 Å². The molecule has 0 unspecified atom stereocenters. The first-order chi connectivity index (χ1) is 5.44. The monoisotopic (exact) mass is 190 g/mol. The van der Waals surface area contributed by atoms with Crippen LogP contribution in [0.1, 0.15) is 26.7 Å². The van der Waals surface area contributed by atoms with Crippen LogP contribution in [-0.2, 0) is 4.34 Å². The molecule has 12 heavy (non-hydrogen) atoms. The molecule has 0 fully saturated rings. The summed E-state index contributed by atoms with van der Waals surface area (Å²) >= 11 is 0. The molecule has 0 atom stereocenters. The van der Waals surface area contributed by atoms with Crippen molar-refractivity contribution in [3.05, 3.63) is 0 Å². The van der Waals surface area contributed by atoms with Gasteiger partial charge in [0.05, 0.1) is 0 Å². The second-order valence-electron chi connectivity index (χ2n) is 3.56. The molecule has 5 heteroatoms. The van der Waals surface area contributed by atoms with Crippen molar-refractivity contribution in [3.8, 4) is 0 Å². The smallest absolute Gasteiger partial charge is 0.428 e. The molecule has 0 spiro atoms. The SMILES string of the molecule is CCC(CC)[Si](C)(C)OB(O)O. The summed E-state index contributed by atoms with van der Waals surface area (Å²) in [6, 6.07) is 0. The van der Waals surface area contributed by atoms with Crippen molar-refractivity contribution in [1.82, 2.24) is 0 Å². The average molecular weight is 190 g/mol. The first kappa shape index (κ1) is 12.2. The maximum atomic E-state index is 8.70. The topological polar surface area (TPSA) is 49.7 Å². The van der Waals surface area contributed by atoms with E-state index in [9.17, 15) is 0 Å². The van der Waals surface area contributed by atoms with Crippen molar-refractivity contribution in [2.45, 2.75) is 45.3 Å². The molecule has 0 aliphatic rings. The standard InChI is InChI=1S/C7H19BO3Si/c1-5-7(6-2)12(3,4)11-8(9)10/h7,9-10H,5-6H2,1-4H3. The van der Waals surface area contributed by atoms with Crippen LogP contribution in [0.15, 0.2) is 0 Å². The predicted molar refractivity (Wildman–Crippen MR) is 53.1 cm³/mol. The molecule has 0 heterocycles. The Bertz CT molecular complexity index is 126. The fourth-order valence-corrected chi connectivity index (χ4v) is 4.34. The summed E-state index contributed by atoms with van der Waals surface area (Å²) < 4.78 is 5.13. The highest BCUT2D eigenvalue weighted by Gasteiger charge is 2.34. The Labute approximate surface area is 76.1 Å². The van der Waals surface area contributed by atoms with Gasteiger partial charge in [-0.25, -0.2) is 0 Å². The van der Waals surface area contributed by atoms with Gasteiger partial charge in [-0.15, -0.1) is 0 Å². The molecule has 72 valence electrons. The predicted octanol–water partition coefficient (Wildman–Crippen LogP) is 1.37. The quantitative estimate of drug-likeness (QED) is 0.643. The van der Waals surface area contributed by atoms with Gasteiger partial charge in [-0.05, 0) is 18.6 Å². The van der Waals surface area contributed by atoms with Gasteiger partial charge >= 0.3 is 7.32 Å². The van der Waals surface area contributed by atoms with E-state index in [0.717, 1.165) is 12.8 Å². The minimum atomic E-state index is -1.90. The van der Waals surface area contributed by atoms with Crippen molar-refractivity contribution in [2.24, 2.45) is 0 Å². The maximum Gasteiger partial charge on any atom is 0.622 e. The van der Waals surface area contributed by atoms with Crippen molar-refractivity contribution in [3.63, 3.8) is 0 Å². The van der Waals surface area contributed by atoms with E-state index < -0.39 is 15.6 Å². The third-order valence-electron chi connectivity index (χ3n) is 2.38. The van der Waals surface area contributed by atoms with E-state index in [-0.39, 0.29) is 0 Å². The molecule has 0 aliphatic heterocycles.